The van der Waals surface area contributed by atoms with Gasteiger partial charge in [0.1, 0.15) is 0 Å². The number of hydrogen-bond donors (Lipinski definition) is 0. The van der Waals surface area contributed by atoms with Crippen molar-refractivity contribution >= 4 is 19.8 Å². The van der Waals surface area contributed by atoms with Gasteiger partial charge in [-0.3, -0.25) is 0 Å². The van der Waals surface area contributed by atoms with E-state index < -0.39 is 0 Å². The first-order valence-electron chi connectivity index (χ1n) is 0.204. The minimum absolute atomic E-state index is 0. The van der Waals surface area contributed by atoms with Crippen molar-refractivity contribution in [2.45, 2.75) is 0 Å². The maximum absolute atomic E-state index is 3.89. The van der Waals surface area contributed by atoms with Crippen LogP contribution in [0.15, 0.2) is 0 Å². The summed E-state index contributed by atoms with van der Waals surface area (Å²) in [7, 11) is 2.56. The van der Waals surface area contributed by atoms with Crippen molar-refractivity contribution in [2.24, 2.45) is 0 Å². The second-order valence-corrected chi connectivity index (χ2v) is 0. The van der Waals surface area contributed by atoms with E-state index in [9.17, 15) is 0 Å². The summed E-state index contributed by atoms with van der Waals surface area (Å²) in [6.45, 7) is 0. The van der Waals surface area contributed by atoms with Gasteiger partial charge < -0.3 is 24.0 Å². The van der Waals surface area contributed by atoms with Crippen molar-refractivity contribution < 1.29 is 42.8 Å². The van der Waals surface area contributed by atoms with Gasteiger partial charge in [-0.15, -0.1) is 0 Å². The molecule has 0 rings (SSSR count). The van der Waals surface area contributed by atoms with E-state index in [1.165, 1.54) is 0 Å². The van der Waals surface area contributed by atoms with Crippen LogP contribution in [0.25, 0.3) is 0 Å². The fourth-order valence-electron chi connectivity index (χ4n) is 0. The molecule has 0 nitrogen and oxygen atoms in total. The van der Waals surface area contributed by atoms with Gasteiger partial charge in [0, 0.05) is 0 Å². The van der Waals surface area contributed by atoms with E-state index in [1.54, 1.807) is 0 Å². The Hall–Kier alpha value is 1.85. The molecule has 0 aliphatic rings. The summed E-state index contributed by atoms with van der Waals surface area (Å²) in [6, 6.07) is 0. The van der Waals surface area contributed by atoms with Crippen molar-refractivity contribution in [1.82, 2.24) is 0 Å². The molecule has 20 valence electrons. The number of halogens is 1. The molecule has 0 saturated carbocycles. The maximum Gasteiger partial charge on any atom is 1.00 e. The van der Waals surface area contributed by atoms with Crippen molar-refractivity contribution in [3.63, 3.8) is 0 Å². The molecule has 0 spiro atoms. The van der Waals surface area contributed by atoms with Gasteiger partial charge in [-0.25, -0.2) is 0 Å². The van der Waals surface area contributed by atoms with Gasteiger partial charge in [-0.05, 0) is 8.02 Å². The summed E-state index contributed by atoms with van der Waals surface area (Å²) in [5.41, 5.74) is 0. The summed E-state index contributed by atoms with van der Waals surface area (Å²) in [5.74, 6) is 0. The maximum atomic E-state index is 3.89. The largest absolute Gasteiger partial charge is 1.00 e. The van der Waals surface area contributed by atoms with Crippen LogP contribution < -0.4 is 42.8 Å². The topological polar surface area (TPSA) is 0 Å². The van der Waals surface area contributed by atoms with Crippen molar-refractivity contribution in [3.8, 4) is 0 Å². The Morgan fingerprint density at radius 1 is 1.25 bits per heavy atom. The number of hydrogen-bond acceptors (Lipinski definition) is 1. The molecule has 0 atom stereocenters. The number of rotatable bonds is 0. The van der Waals surface area contributed by atoms with Gasteiger partial charge in [0.2, 0.25) is 0 Å². The Kier molecular flexibility index (Phi) is 89.1. The van der Waals surface area contributed by atoms with Crippen LogP contribution in [0, 0.1) is 0 Å². The third-order valence-electron chi connectivity index (χ3n) is 0. The predicted octanol–water partition coefficient (Wildman–Crippen LogP) is -5.40. The van der Waals surface area contributed by atoms with Crippen molar-refractivity contribution in [1.29, 1.82) is 0 Å². The Bertz CT molecular complexity index is 8.00. The quantitative estimate of drug-likeness (QED) is 0.212. The van der Waals surface area contributed by atoms with Crippen LogP contribution in [-0.2, 0) is 11.8 Å². The first kappa shape index (κ1) is 16.9. The summed E-state index contributed by atoms with van der Waals surface area (Å²) in [6.07, 6.45) is 0. The molecule has 0 saturated heterocycles. The molecule has 0 unspecified atom stereocenters. The zero-order valence-electron chi connectivity index (χ0n) is 2.29. The average molecular weight is 198 g/mol. The Morgan fingerprint density at radius 2 is 1.25 bits per heavy atom. The van der Waals surface area contributed by atoms with Gasteiger partial charge in [0.15, 0.2) is 0 Å². The summed E-state index contributed by atoms with van der Waals surface area (Å²) in [4.78, 5) is 0. The van der Waals surface area contributed by atoms with E-state index in [0.29, 0.717) is 0 Å². The van der Waals surface area contributed by atoms with Crippen LogP contribution in [0.2, 0.25) is 0 Å². The van der Waals surface area contributed by atoms with Crippen LogP contribution in [0.3, 0.4) is 0 Å². The molecular formula is HILiPS. The van der Waals surface area contributed by atoms with Crippen LogP contribution in [0.5, 0.6) is 0 Å². The molecule has 0 aliphatic heterocycles. The molecule has 4 heavy (non-hydrogen) atoms. The minimum atomic E-state index is 0. The van der Waals surface area contributed by atoms with Crippen LogP contribution in [0.1, 0.15) is 0 Å². The molecule has 0 aliphatic carbocycles. The molecule has 0 N–H and O–H groups in total. The SMILES string of the molecule is P=S.[I-].[Li+]. The summed E-state index contributed by atoms with van der Waals surface area (Å²) >= 11 is 3.89. The third-order valence-corrected chi connectivity index (χ3v) is 0. The van der Waals surface area contributed by atoms with Crippen LogP contribution >= 0.6 is 8.02 Å². The molecule has 0 radical (unpaired) electrons. The van der Waals surface area contributed by atoms with E-state index in [4.69, 9.17) is 0 Å². The minimum Gasteiger partial charge on any atom is -1.00 e. The van der Waals surface area contributed by atoms with Crippen LogP contribution in [0.4, 0.5) is 0 Å². The second kappa shape index (κ2) is 21.0. The molecule has 0 fully saturated rings. The monoisotopic (exact) mass is 198 g/mol. The van der Waals surface area contributed by atoms with Gasteiger partial charge in [-0.1, -0.05) is 11.8 Å². The zero-order valence-corrected chi connectivity index (χ0v) is 6.26. The molecular weight excluding hydrogens is 197 g/mol. The first-order valence-corrected chi connectivity index (χ1v) is 1.84. The standard InChI is InChI=1S/HI.Li.HPS/c;;1-2/h1H;;1H/q;+1;/p-1. The normalized spacial score (nSPS) is 1.00. The molecule has 0 aromatic carbocycles. The third kappa shape index (κ3) is 9.14. The van der Waals surface area contributed by atoms with Gasteiger partial charge in [0.25, 0.3) is 0 Å². The Morgan fingerprint density at radius 3 is 1.25 bits per heavy atom. The Labute approximate surface area is 62.2 Å². The van der Waals surface area contributed by atoms with E-state index in [1.807, 2.05) is 0 Å². The summed E-state index contributed by atoms with van der Waals surface area (Å²) < 4.78 is 0. The second-order valence-electron chi connectivity index (χ2n) is 0. The van der Waals surface area contributed by atoms with E-state index in [-0.39, 0.29) is 42.8 Å². The van der Waals surface area contributed by atoms with Gasteiger partial charge in [0.05, 0.1) is 0 Å². The van der Waals surface area contributed by atoms with Crippen molar-refractivity contribution in [2.75, 3.05) is 0 Å². The van der Waals surface area contributed by atoms with E-state index in [0.717, 1.165) is 0 Å². The molecule has 4 heteroatoms. The molecule has 0 amide bonds. The summed E-state index contributed by atoms with van der Waals surface area (Å²) in [5, 5.41) is 0. The van der Waals surface area contributed by atoms with E-state index in [2.05, 4.69) is 19.8 Å². The van der Waals surface area contributed by atoms with E-state index >= 15 is 0 Å². The van der Waals surface area contributed by atoms with Gasteiger partial charge in [-0.2, -0.15) is 0 Å². The fourth-order valence-corrected chi connectivity index (χ4v) is 0. The molecule has 0 aromatic rings. The first-order chi connectivity index (χ1) is 1.00. The molecule has 0 heterocycles. The predicted molar refractivity (Wildman–Crippen MR) is 15.7 cm³/mol. The zero-order chi connectivity index (χ0) is 2.00. The van der Waals surface area contributed by atoms with Crippen LogP contribution in [-0.4, -0.2) is 0 Å². The average Bonchev–Trinajstić information content (AvgIpc) is 1.00. The Balaban J connectivity index is -0.00000000500. The fraction of sp³-hybridized carbons (Fsp3) is 0. The molecule has 0 aromatic heterocycles. The smallest absolute Gasteiger partial charge is 1.00 e. The van der Waals surface area contributed by atoms with Crippen molar-refractivity contribution in [3.05, 3.63) is 0 Å². The van der Waals surface area contributed by atoms with Gasteiger partial charge >= 0.3 is 18.9 Å². The molecule has 0 bridgehead atoms.